The highest BCUT2D eigenvalue weighted by atomic mass is 16.5. The van der Waals surface area contributed by atoms with Crippen molar-refractivity contribution in [1.29, 1.82) is 0 Å². The number of nitrogens with two attached hydrogens (primary N) is 1. The fourth-order valence-electron chi connectivity index (χ4n) is 2.24. The van der Waals surface area contributed by atoms with Gasteiger partial charge >= 0.3 is 0 Å². The van der Waals surface area contributed by atoms with Crippen LogP contribution in [0.1, 0.15) is 35.0 Å². The highest BCUT2D eigenvalue weighted by molar-refractivity contribution is 5.90. The number of primary amides is 1. The molecule has 0 fully saturated rings. The van der Waals surface area contributed by atoms with Crippen LogP contribution in [0.15, 0.2) is 42.6 Å². The second-order valence-electron chi connectivity index (χ2n) is 5.58. The Hall–Kier alpha value is -2.40. The molecular formula is C18H23N3O2. The van der Waals surface area contributed by atoms with Gasteiger partial charge in [-0.1, -0.05) is 18.2 Å². The summed E-state index contributed by atoms with van der Waals surface area (Å²) in [5, 5.41) is 3.50. The molecule has 3 N–H and O–H groups in total. The lowest BCUT2D eigenvalue weighted by atomic mass is 10.1. The highest BCUT2D eigenvalue weighted by Gasteiger charge is 2.05. The molecule has 0 bridgehead atoms. The van der Waals surface area contributed by atoms with Gasteiger partial charge in [-0.3, -0.25) is 9.78 Å². The highest BCUT2D eigenvalue weighted by Crippen LogP contribution is 2.11. The van der Waals surface area contributed by atoms with E-state index in [-0.39, 0.29) is 0 Å². The molecule has 5 heteroatoms. The summed E-state index contributed by atoms with van der Waals surface area (Å²) in [5.74, 6) is 0.375. The molecule has 1 atom stereocenters. The molecule has 1 heterocycles. The minimum Gasteiger partial charge on any atom is -0.497 e. The summed E-state index contributed by atoms with van der Waals surface area (Å²) in [6.45, 7) is 2.98. The van der Waals surface area contributed by atoms with Crippen molar-refractivity contribution in [3.05, 3.63) is 59.4 Å². The summed E-state index contributed by atoms with van der Waals surface area (Å²) in [6, 6.07) is 12.0. The Kier molecular flexibility index (Phi) is 6.11. The zero-order valence-electron chi connectivity index (χ0n) is 13.6. The molecule has 122 valence electrons. The first kappa shape index (κ1) is 17.0. The van der Waals surface area contributed by atoms with Crippen molar-refractivity contribution in [3.8, 4) is 5.75 Å². The number of carbonyl (C=O) groups is 1. The number of nitrogens with zero attached hydrogens (tertiary/aromatic N) is 1. The van der Waals surface area contributed by atoms with Gasteiger partial charge in [0.2, 0.25) is 0 Å². The Labute approximate surface area is 136 Å². The topological polar surface area (TPSA) is 77.2 Å². The van der Waals surface area contributed by atoms with Crippen LogP contribution in [0.4, 0.5) is 0 Å². The fourth-order valence-corrected chi connectivity index (χ4v) is 2.24. The van der Waals surface area contributed by atoms with Crippen LogP contribution < -0.4 is 15.8 Å². The van der Waals surface area contributed by atoms with Gasteiger partial charge in [0.1, 0.15) is 11.4 Å². The monoisotopic (exact) mass is 313 g/mol. The number of methoxy groups -OCH3 is 1. The van der Waals surface area contributed by atoms with E-state index in [0.29, 0.717) is 11.7 Å². The maximum absolute atomic E-state index is 11.0. The summed E-state index contributed by atoms with van der Waals surface area (Å²) >= 11 is 0. The second-order valence-corrected chi connectivity index (χ2v) is 5.58. The number of pyridine rings is 1. The first-order chi connectivity index (χ1) is 11.1. The van der Waals surface area contributed by atoms with Crippen LogP contribution >= 0.6 is 0 Å². The molecule has 1 unspecified atom stereocenters. The van der Waals surface area contributed by atoms with Crippen LogP contribution in [-0.2, 0) is 13.0 Å². The minimum atomic E-state index is -0.494. The zero-order valence-corrected chi connectivity index (χ0v) is 13.6. The van der Waals surface area contributed by atoms with Crippen molar-refractivity contribution in [1.82, 2.24) is 10.3 Å². The van der Waals surface area contributed by atoms with E-state index in [1.54, 1.807) is 19.4 Å². The molecule has 1 aromatic carbocycles. The van der Waals surface area contributed by atoms with E-state index >= 15 is 0 Å². The maximum atomic E-state index is 11.0. The molecule has 0 saturated heterocycles. The van der Waals surface area contributed by atoms with Crippen molar-refractivity contribution in [2.24, 2.45) is 5.73 Å². The second kappa shape index (κ2) is 8.29. The number of aryl methyl sites for hydroxylation is 1. The van der Waals surface area contributed by atoms with E-state index in [2.05, 4.69) is 29.4 Å². The van der Waals surface area contributed by atoms with Crippen LogP contribution in [0, 0.1) is 0 Å². The third kappa shape index (κ3) is 5.38. The molecule has 0 aliphatic heterocycles. The van der Waals surface area contributed by atoms with Crippen LogP contribution in [0.25, 0.3) is 0 Å². The van der Waals surface area contributed by atoms with Crippen molar-refractivity contribution in [2.45, 2.75) is 32.4 Å². The molecule has 0 aliphatic rings. The average Bonchev–Trinajstić information content (AvgIpc) is 2.59. The van der Waals surface area contributed by atoms with Gasteiger partial charge in [-0.25, -0.2) is 0 Å². The zero-order chi connectivity index (χ0) is 16.7. The number of rotatable bonds is 8. The Balaban J connectivity index is 1.75. The number of carbonyl (C=O) groups excluding carboxylic acids is 1. The van der Waals surface area contributed by atoms with Gasteiger partial charge in [0.25, 0.3) is 5.91 Å². The third-order valence-corrected chi connectivity index (χ3v) is 3.76. The number of amides is 1. The molecule has 0 radical (unpaired) electrons. The van der Waals surface area contributed by atoms with Crippen molar-refractivity contribution >= 4 is 5.91 Å². The van der Waals surface area contributed by atoms with Gasteiger partial charge in [-0.2, -0.15) is 0 Å². The number of ether oxygens (including phenoxy) is 1. The van der Waals surface area contributed by atoms with E-state index in [1.807, 2.05) is 18.2 Å². The molecule has 23 heavy (non-hydrogen) atoms. The third-order valence-electron chi connectivity index (χ3n) is 3.76. The molecule has 0 saturated carbocycles. The molecule has 0 spiro atoms. The predicted octanol–water partition coefficient (Wildman–Crippen LogP) is 2.30. The summed E-state index contributed by atoms with van der Waals surface area (Å²) < 4.78 is 5.15. The molecule has 2 aromatic rings. The lowest BCUT2D eigenvalue weighted by molar-refractivity contribution is 0.0995. The van der Waals surface area contributed by atoms with E-state index in [9.17, 15) is 4.79 Å². The van der Waals surface area contributed by atoms with E-state index in [1.165, 1.54) is 5.56 Å². The number of benzene rings is 1. The Bertz CT molecular complexity index is 624. The largest absolute Gasteiger partial charge is 0.497 e. The van der Waals surface area contributed by atoms with E-state index < -0.39 is 5.91 Å². The van der Waals surface area contributed by atoms with Crippen LogP contribution in [0.2, 0.25) is 0 Å². The van der Waals surface area contributed by atoms with Gasteiger partial charge in [-0.05, 0) is 49.1 Å². The van der Waals surface area contributed by atoms with Crippen LogP contribution in [0.3, 0.4) is 0 Å². The summed E-state index contributed by atoms with van der Waals surface area (Å²) in [5.41, 5.74) is 7.82. The normalized spacial score (nSPS) is 11.9. The lowest BCUT2D eigenvalue weighted by Gasteiger charge is -2.14. The number of aromatic nitrogens is 1. The molecule has 2 rings (SSSR count). The van der Waals surface area contributed by atoms with Gasteiger partial charge < -0.3 is 15.8 Å². The SMILES string of the molecule is COc1ccc(CNC(C)CCc2ccc(C(N)=O)nc2)cc1. The quantitative estimate of drug-likeness (QED) is 0.784. The Morgan fingerprint density at radius 2 is 1.91 bits per heavy atom. The Morgan fingerprint density at radius 3 is 2.48 bits per heavy atom. The minimum absolute atomic E-state index is 0.305. The smallest absolute Gasteiger partial charge is 0.267 e. The maximum Gasteiger partial charge on any atom is 0.267 e. The first-order valence-corrected chi connectivity index (χ1v) is 7.69. The average molecular weight is 313 g/mol. The van der Waals surface area contributed by atoms with Crippen LogP contribution in [-0.4, -0.2) is 24.0 Å². The fraction of sp³-hybridized carbons (Fsp3) is 0.333. The summed E-state index contributed by atoms with van der Waals surface area (Å²) in [7, 11) is 1.67. The lowest BCUT2D eigenvalue weighted by Crippen LogP contribution is -2.26. The predicted molar refractivity (Wildman–Crippen MR) is 90.4 cm³/mol. The van der Waals surface area contributed by atoms with Gasteiger partial charge in [0.15, 0.2) is 0 Å². The molecule has 0 aliphatic carbocycles. The summed E-state index contributed by atoms with van der Waals surface area (Å²) in [4.78, 5) is 15.0. The molecule has 1 amide bonds. The van der Waals surface area contributed by atoms with Crippen molar-refractivity contribution < 1.29 is 9.53 Å². The number of hydrogen-bond acceptors (Lipinski definition) is 4. The standard InChI is InChI=1S/C18H23N3O2/c1-13(20-11-15-5-8-16(23-2)9-6-15)3-4-14-7-10-17(18(19)22)21-12-14/h5-10,12-13,20H,3-4,11H2,1-2H3,(H2,19,22). The molecule has 5 nitrogen and oxygen atoms in total. The van der Waals surface area contributed by atoms with Gasteiger partial charge in [0.05, 0.1) is 7.11 Å². The number of hydrogen-bond donors (Lipinski definition) is 2. The summed E-state index contributed by atoms with van der Waals surface area (Å²) in [6.07, 6.45) is 3.62. The molecule has 1 aromatic heterocycles. The van der Waals surface area contributed by atoms with Crippen molar-refractivity contribution in [3.63, 3.8) is 0 Å². The van der Waals surface area contributed by atoms with Crippen LogP contribution in [0.5, 0.6) is 5.75 Å². The van der Waals surface area contributed by atoms with E-state index in [0.717, 1.165) is 30.7 Å². The number of nitrogens with one attached hydrogen (secondary N) is 1. The van der Waals surface area contributed by atoms with Crippen molar-refractivity contribution in [2.75, 3.05) is 7.11 Å². The van der Waals surface area contributed by atoms with Gasteiger partial charge in [0, 0.05) is 18.8 Å². The Morgan fingerprint density at radius 1 is 1.22 bits per heavy atom. The first-order valence-electron chi connectivity index (χ1n) is 7.69. The van der Waals surface area contributed by atoms with E-state index in [4.69, 9.17) is 10.5 Å². The molecular weight excluding hydrogens is 290 g/mol. The van der Waals surface area contributed by atoms with Gasteiger partial charge in [-0.15, -0.1) is 0 Å².